The lowest BCUT2D eigenvalue weighted by molar-refractivity contribution is -0.169. The van der Waals surface area contributed by atoms with Crippen LogP contribution in [0.25, 0.3) is 0 Å². The number of hydrogen-bond acceptors (Lipinski definition) is 6. The van der Waals surface area contributed by atoms with Crippen molar-refractivity contribution in [3.05, 3.63) is 65.2 Å². The van der Waals surface area contributed by atoms with E-state index < -0.39 is 23.8 Å². The topological polar surface area (TPSA) is 102 Å². The lowest BCUT2D eigenvalue weighted by Gasteiger charge is -2.21. The molecule has 0 aliphatic carbocycles. The van der Waals surface area contributed by atoms with E-state index in [0.29, 0.717) is 23.0 Å². The highest BCUT2D eigenvalue weighted by molar-refractivity contribution is 6.20. The number of carbonyl (C=O) groups excluding carboxylic acids is 4. The number of rotatable bonds is 7. The van der Waals surface area contributed by atoms with Gasteiger partial charge in [-0.3, -0.25) is 14.4 Å². The van der Waals surface area contributed by atoms with Gasteiger partial charge in [-0.1, -0.05) is 35.4 Å². The minimum atomic E-state index is -0.843. The summed E-state index contributed by atoms with van der Waals surface area (Å²) in [5.41, 5.74) is 0.930. The summed E-state index contributed by atoms with van der Waals surface area (Å²) in [6, 6.07) is 12.4. The summed E-state index contributed by atoms with van der Waals surface area (Å²) in [6.07, 6.45) is -0.295. The van der Waals surface area contributed by atoms with E-state index in [4.69, 9.17) is 9.57 Å². The van der Waals surface area contributed by atoms with Gasteiger partial charge in [0.05, 0.1) is 30.2 Å². The number of hydrogen-bond donors (Lipinski definition) is 1. The average Bonchev–Trinajstić information content (AvgIpc) is 2.93. The summed E-state index contributed by atoms with van der Waals surface area (Å²) in [5.74, 6) is -2.09. The molecule has 0 saturated heterocycles. The first-order chi connectivity index (χ1) is 13.9. The Bertz CT molecular complexity index is 936. The van der Waals surface area contributed by atoms with Crippen molar-refractivity contribution in [3.63, 3.8) is 0 Å². The van der Waals surface area contributed by atoms with Gasteiger partial charge in [0.25, 0.3) is 11.8 Å². The molecule has 29 heavy (non-hydrogen) atoms. The smallest absolute Gasteiger partial charge is 0.335 e. The van der Waals surface area contributed by atoms with E-state index in [9.17, 15) is 19.2 Å². The number of nitrogens with zero attached hydrogens (tertiary/aromatic N) is 1. The van der Waals surface area contributed by atoms with Gasteiger partial charge in [-0.15, -0.1) is 0 Å². The normalized spacial score (nSPS) is 13.7. The first kappa shape index (κ1) is 20.1. The molecule has 8 heteroatoms. The summed E-state index contributed by atoms with van der Waals surface area (Å²) < 4.78 is 5.57. The number of amides is 3. The predicted molar refractivity (Wildman–Crippen MR) is 102 cm³/mol. The van der Waals surface area contributed by atoms with E-state index in [2.05, 4.69) is 5.32 Å². The molecule has 150 valence electrons. The number of carbonyl (C=O) groups is 4. The third-order valence-corrected chi connectivity index (χ3v) is 4.29. The third kappa shape index (κ3) is 4.26. The van der Waals surface area contributed by atoms with Crippen LogP contribution < -0.4 is 10.1 Å². The Labute approximate surface area is 167 Å². The largest absolute Gasteiger partial charge is 0.494 e. The van der Waals surface area contributed by atoms with Crippen LogP contribution in [0.2, 0.25) is 0 Å². The first-order valence-electron chi connectivity index (χ1n) is 9.09. The summed E-state index contributed by atoms with van der Waals surface area (Å²) >= 11 is 0. The van der Waals surface area contributed by atoms with Gasteiger partial charge in [0.1, 0.15) is 5.75 Å². The minimum absolute atomic E-state index is 0.172. The van der Waals surface area contributed by atoms with Crippen LogP contribution in [0.4, 0.5) is 0 Å². The maximum Gasteiger partial charge on any atom is 0.335 e. The van der Waals surface area contributed by atoms with Crippen molar-refractivity contribution in [2.45, 2.75) is 26.3 Å². The van der Waals surface area contributed by atoms with E-state index >= 15 is 0 Å². The van der Waals surface area contributed by atoms with Crippen LogP contribution >= 0.6 is 0 Å². The standard InChI is InChI=1S/C21H20N2O6/c1-3-28-18-11-7-6-10-16(18)17(22-13(2)24)12-19(25)29-23-20(26)14-8-4-5-9-15(14)21(23)27/h4-11,17H,3,12H2,1-2H3,(H,22,24). The Kier molecular flexibility index (Phi) is 5.92. The first-order valence-corrected chi connectivity index (χ1v) is 9.09. The minimum Gasteiger partial charge on any atom is -0.494 e. The van der Waals surface area contributed by atoms with E-state index in [0.717, 1.165) is 0 Å². The van der Waals surface area contributed by atoms with Gasteiger partial charge in [0, 0.05) is 12.5 Å². The average molecular weight is 396 g/mol. The molecule has 0 aromatic heterocycles. The van der Waals surface area contributed by atoms with Crippen molar-refractivity contribution in [1.82, 2.24) is 10.4 Å². The Balaban J connectivity index is 1.77. The van der Waals surface area contributed by atoms with Crippen LogP contribution in [-0.2, 0) is 14.4 Å². The molecule has 1 unspecified atom stereocenters. The fourth-order valence-corrected chi connectivity index (χ4v) is 3.10. The maximum atomic E-state index is 12.5. The van der Waals surface area contributed by atoms with E-state index in [1.165, 1.54) is 19.1 Å². The number of benzene rings is 2. The van der Waals surface area contributed by atoms with Crippen LogP contribution in [0.5, 0.6) is 5.75 Å². The number of para-hydroxylation sites is 1. The molecule has 2 aromatic carbocycles. The van der Waals surface area contributed by atoms with Crippen LogP contribution in [0.1, 0.15) is 52.6 Å². The van der Waals surface area contributed by atoms with Gasteiger partial charge in [0.15, 0.2) is 0 Å². The summed E-state index contributed by atoms with van der Waals surface area (Å²) in [6.45, 7) is 3.55. The summed E-state index contributed by atoms with van der Waals surface area (Å²) in [4.78, 5) is 53.9. The Morgan fingerprint density at radius 2 is 1.59 bits per heavy atom. The van der Waals surface area contributed by atoms with Gasteiger partial charge in [0.2, 0.25) is 5.91 Å². The Hall–Kier alpha value is -3.68. The highest BCUT2D eigenvalue weighted by atomic mass is 16.7. The Morgan fingerprint density at radius 1 is 1.00 bits per heavy atom. The molecular formula is C21H20N2O6. The maximum absolute atomic E-state index is 12.5. The van der Waals surface area contributed by atoms with E-state index in [1.54, 1.807) is 36.4 Å². The molecule has 1 atom stereocenters. The molecule has 1 N–H and O–H groups in total. The molecule has 2 aromatic rings. The number of imide groups is 1. The summed E-state index contributed by atoms with van der Waals surface area (Å²) in [5, 5.41) is 3.13. The van der Waals surface area contributed by atoms with Gasteiger partial charge in [-0.2, -0.15) is 0 Å². The predicted octanol–water partition coefficient (Wildman–Crippen LogP) is 2.41. The fourth-order valence-electron chi connectivity index (χ4n) is 3.10. The SMILES string of the molecule is CCOc1ccccc1C(CC(=O)ON1C(=O)c2ccccc2C1=O)NC(C)=O. The molecule has 1 heterocycles. The van der Waals surface area contributed by atoms with Gasteiger partial charge >= 0.3 is 5.97 Å². The molecular weight excluding hydrogens is 376 g/mol. The third-order valence-electron chi connectivity index (χ3n) is 4.29. The second kappa shape index (κ2) is 8.55. The number of hydroxylamine groups is 2. The van der Waals surface area contributed by atoms with Crippen LogP contribution in [0.15, 0.2) is 48.5 Å². The summed E-state index contributed by atoms with van der Waals surface area (Å²) in [7, 11) is 0. The van der Waals surface area contributed by atoms with Crippen molar-refractivity contribution in [2.75, 3.05) is 6.61 Å². The lowest BCUT2D eigenvalue weighted by atomic mass is 10.0. The van der Waals surface area contributed by atoms with Crippen molar-refractivity contribution in [1.29, 1.82) is 0 Å². The highest BCUT2D eigenvalue weighted by Crippen LogP contribution is 2.29. The molecule has 0 radical (unpaired) electrons. The molecule has 3 amide bonds. The molecule has 0 bridgehead atoms. The molecule has 8 nitrogen and oxygen atoms in total. The second-order valence-electron chi connectivity index (χ2n) is 6.34. The second-order valence-corrected chi connectivity index (χ2v) is 6.34. The zero-order chi connectivity index (χ0) is 21.0. The van der Waals surface area contributed by atoms with Gasteiger partial charge < -0.3 is 14.9 Å². The van der Waals surface area contributed by atoms with Crippen molar-refractivity contribution < 1.29 is 28.8 Å². The van der Waals surface area contributed by atoms with Crippen LogP contribution in [-0.4, -0.2) is 35.4 Å². The van der Waals surface area contributed by atoms with Crippen molar-refractivity contribution in [3.8, 4) is 5.75 Å². The van der Waals surface area contributed by atoms with E-state index in [1.807, 2.05) is 6.92 Å². The van der Waals surface area contributed by atoms with Gasteiger partial charge in [-0.25, -0.2) is 4.79 Å². The van der Waals surface area contributed by atoms with Crippen molar-refractivity contribution >= 4 is 23.7 Å². The monoisotopic (exact) mass is 396 g/mol. The zero-order valence-corrected chi connectivity index (χ0v) is 16.0. The fraction of sp³-hybridized carbons (Fsp3) is 0.238. The number of ether oxygens (including phenoxy) is 1. The quantitative estimate of drug-likeness (QED) is 0.721. The lowest BCUT2D eigenvalue weighted by Crippen LogP contribution is -2.35. The molecule has 1 aliphatic heterocycles. The molecule has 3 rings (SSSR count). The van der Waals surface area contributed by atoms with Gasteiger partial charge in [-0.05, 0) is 25.1 Å². The number of fused-ring (bicyclic) bond motifs is 1. The van der Waals surface area contributed by atoms with Crippen LogP contribution in [0.3, 0.4) is 0 Å². The Morgan fingerprint density at radius 3 is 2.17 bits per heavy atom. The molecule has 1 aliphatic rings. The molecule has 0 fully saturated rings. The molecule has 0 spiro atoms. The molecule has 0 saturated carbocycles. The highest BCUT2D eigenvalue weighted by Gasteiger charge is 2.39. The zero-order valence-electron chi connectivity index (χ0n) is 16.0. The van der Waals surface area contributed by atoms with E-state index in [-0.39, 0.29) is 23.5 Å². The van der Waals surface area contributed by atoms with Crippen LogP contribution in [0, 0.1) is 0 Å². The number of nitrogens with one attached hydrogen (secondary N) is 1. The van der Waals surface area contributed by atoms with Crippen molar-refractivity contribution in [2.24, 2.45) is 0 Å².